The Morgan fingerprint density at radius 3 is 2.88 bits per heavy atom. The Hall–Kier alpha value is -0.430. The van der Waals surface area contributed by atoms with Gasteiger partial charge in [0.15, 0.2) is 0 Å². The van der Waals surface area contributed by atoms with Crippen LogP contribution in [-0.2, 0) is 10.0 Å². The maximum absolute atomic E-state index is 11.8. The van der Waals surface area contributed by atoms with E-state index >= 15 is 0 Å². The number of hydrogen-bond donors (Lipinski definition) is 1. The molecule has 1 heterocycles. The highest BCUT2D eigenvalue weighted by molar-refractivity contribution is 9.10. The molecule has 0 aliphatic heterocycles. The Morgan fingerprint density at radius 1 is 1.69 bits per heavy atom. The van der Waals surface area contributed by atoms with Crippen molar-refractivity contribution in [2.75, 3.05) is 6.54 Å². The molecule has 0 saturated carbocycles. The molecule has 0 aliphatic rings. The van der Waals surface area contributed by atoms with Gasteiger partial charge in [-0.1, -0.05) is 23.8 Å². The minimum absolute atomic E-state index is 0.0511. The second kappa shape index (κ2) is 5.27. The Morgan fingerprint density at radius 2 is 2.31 bits per heavy atom. The van der Waals surface area contributed by atoms with Gasteiger partial charge in [-0.25, -0.2) is 18.1 Å². The Kier molecular flexibility index (Phi) is 4.49. The van der Waals surface area contributed by atoms with Gasteiger partial charge in [0.25, 0.3) is 0 Å². The molecule has 0 radical (unpaired) electrons. The number of sulfonamides is 1. The van der Waals surface area contributed by atoms with Crippen molar-refractivity contribution in [1.82, 2.24) is 9.71 Å². The van der Waals surface area contributed by atoms with Crippen LogP contribution in [0.2, 0.25) is 5.15 Å². The molecule has 7 heteroatoms. The number of nitrogens with zero attached hydrogens (tertiary/aromatic N) is 1. The van der Waals surface area contributed by atoms with Crippen LogP contribution < -0.4 is 4.72 Å². The van der Waals surface area contributed by atoms with E-state index in [0.717, 1.165) is 0 Å². The SMILES string of the molecule is C=C(C)CNS(=O)(=O)c1cc(Br)cnc1Cl. The second-order valence-electron chi connectivity index (χ2n) is 3.22. The van der Waals surface area contributed by atoms with Crippen LogP contribution in [0.15, 0.2) is 33.8 Å². The fourth-order valence-corrected chi connectivity index (χ4v) is 2.93. The lowest BCUT2D eigenvalue weighted by atomic mass is 10.4. The Balaban J connectivity index is 3.07. The van der Waals surface area contributed by atoms with E-state index in [2.05, 4.69) is 32.2 Å². The minimum Gasteiger partial charge on any atom is -0.242 e. The normalized spacial score (nSPS) is 11.4. The third-order valence-electron chi connectivity index (χ3n) is 1.63. The van der Waals surface area contributed by atoms with Crippen molar-refractivity contribution in [3.63, 3.8) is 0 Å². The van der Waals surface area contributed by atoms with Gasteiger partial charge in [0, 0.05) is 17.2 Å². The topological polar surface area (TPSA) is 59.1 Å². The van der Waals surface area contributed by atoms with Gasteiger partial charge in [0.05, 0.1) is 0 Å². The number of nitrogens with one attached hydrogen (secondary N) is 1. The van der Waals surface area contributed by atoms with Gasteiger partial charge in [-0.15, -0.1) is 0 Å². The van der Waals surface area contributed by atoms with Crippen molar-refractivity contribution < 1.29 is 8.42 Å². The van der Waals surface area contributed by atoms with Crippen LogP contribution in [0.25, 0.3) is 0 Å². The fourth-order valence-electron chi connectivity index (χ4n) is 0.888. The number of hydrogen-bond acceptors (Lipinski definition) is 3. The average Bonchev–Trinajstić information content (AvgIpc) is 2.19. The molecule has 0 saturated heterocycles. The van der Waals surface area contributed by atoms with Gasteiger partial charge >= 0.3 is 0 Å². The van der Waals surface area contributed by atoms with Crippen molar-refractivity contribution >= 4 is 37.6 Å². The summed E-state index contributed by atoms with van der Waals surface area (Å²) in [6.07, 6.45) is 1.43. The lowest BCUT2D eigenvalue weighted by Gasteiger charge is -2.07. The summed E-state index contributed by atoms with van der Waals surface area (Å²) in [4.78, 5) is 3.70. The molecule has 1 aromatic rings. The van der Waals surface area contributed by atoms with Crippen molar-refractivity contribution in [3.8, 4) is 0 Å². The highest BCUT2D eigenvalue weighted by Gasteiger charge is 2.18. The number of aromatic nitrogens is 1. The van der Waals surface area contributed by atoms with E-state index in [1.54, 1.807) is 6.92 Å². The van der Waals surface area contributed by atoms with E-state index in [4.69, 9.17) is 11.6 Å². The van der Waals surface area contributed by atoms with Crippen molar-refractivity contribution in [3.05, 3.63) is 34.0 Å². The quantitative estimate of drug-likeness (QED) is 0.683. The summed E-state index contributed by atoms with van der Waals surface area (Å²) in [6.45, 7) is 5.50. The molecule has 1 N–H and O–H groups in total. The predicted molar refractivity (Wildman–Crippen MR) is 66.9 cm³/mol. The van der Waals surface area contributed by atoms with E-state index in [0.29, 0.717) is 10.0 Å². The monoisotopic (exact) mass is 324 g/mol. The minimum atomic E-state index is -3.64. The first kappa shape index (κ1) is 13.6. The highest BCUT2D eigenvalue weighted by Crippen LogP contribution is 2.22. The van der Waals surface area contributed by atoms with Crippen LogP contribution in [0.5, 0.6) is 0 Å². The van der Waals surface area contributed by atoms with E-state index in [1.165, 1.54) is 12.3 Å². The first-order valence-electron chi connectivity index (χ1n) is 4.28. The van der Waals surface area contributed by atoms with Gasteiger partial charge in [-0.2, -0.15) is 0 Å². The molecule has 0 aliphatic carbocycles. The van der Waals surface area contributed by atoms with Crippen molar-refractivity contribution in [2.45, 2.75) is 11.8 Å². The van der Waals surface area contributed by atoms with Crippen LogP contribution in [0.4, 0.5) is 0 Å². The van der Waals surface area contributed by atoms with Crippen LogP contribution in [0.1, 0.15) is 6.92 Å². The molecule has 0 fully saturated rings. The van der Waals surface area contributed by atoms with E-state index < -0.39 is 10.0 Å². The molecule has 1 rings (SSSR count). The summed E-state index contributed by atoms with van der Waals surface area (Å²) in [5.41, 5.74) is 0.711. The number of halogens is 2. The van der Waals surface area contributed by atoms with E-state index in [-0.39, 0.29) is 16.6 Å². The van der Waals surface area contributed by atoms with Gasteiger partial charge in [0.2, 0.25) is 10.0 Å². The van der Waals surface area contributed by atoms with Crippen molar-refractivity contribution in [1.29, 1.82) is 0 Å². The average molecular weight is 326 g/mol. The maximum atomic E-state index is 11.8. The summed E-state index contributed by atoms with van der Waals surface area (Å²) in [5, 5.41) is -0.0579. The molecule has 0 amide bonds. The fraction of sp³-hybridized carbons (Fsp3) is 0.222. The molecule has 0 aromatic carbocycles. The summed E-state index contributed by atoms with van der Waals surface area (Å²) in [6, 6.07) is 1.40. The maximum Gasteiger partial charge on any atom is 0.243 e. The summed E-state index contributed by atoms with van der Waals surface area (Å²) in [5.74, 6) is 0. The zero-order valence-corrected chi connectivity index (χ0v) is 11.7. The summed E-state index contributed by atoms with van der Waals surface area (Å²) in [7, 11) is -3.64. The van der Waals surface area contributed by atoms with Crippen molar-refractivity contribution in [2.24, 2.45) is 0 Å². The first-order chi connectivity index (χ1) is 7.33. The lowest BCUT2D eigenvalue weighted by molar-refractivity contribution is 0.584. The first-order valence-corrected chi connectivity index (χ1v) is 6.93. The third kappa shape index (κ3) is 3.55. The van der Waals surface area contributed by atoms with Gasteiger partial charge in [-0.05, 0) is 28.9 Å². The molecule has 4 nitrogen and oxygen atoms in total. The molecule has 88 valence electrons. The largest absolute Gasteiger partial charge is 0.243 e. The number of rotatable bonds is 4. The molecule has 0 bridgehead atoms. The molecule has 0 atom stereocenters. The zero-order valence-electron chi connectivity index (χ0n) is 8.50. The smallest absolute Gasteiger partial charge is 0.242 e. The van der Waals surface area contributed by atoms with Crippen LogP contribution in [0.3, 0.4) is 0 Å². The molecule has 1 aromatic heterocycles. The van der Waals surface area contributed by atoms with E-state index in [9.17, 15) is 8.42 Å². The van der Waals surface area contributed by atoms with Crippen LogP contribution in [0, 0.1) is 0 Å². The molecule has 0 spiro atoms. The van der Waals surface area contributed by atoms with Crippen LogP contribution >= 0.6 is 27.5 Å². The molecule has 0 unspecified atom stereocenters. The summed E-state index contributed by atoms with van der Waals surface area (Å²) < 4.78 is 26.5. The van der Waals surface area contributed by atoms with Gasteiger partial charge in [0.1, 0.15) is 10.0 Å². The van der Waals surface area contributed by atoms with Gasteiger partial charge in [-0.3, -0.25) is 0 Å². The molecule has 16 heavy (non-hydrogen) atoms. The highest BCUT2D eigenvalue weighted by atomic mass is 79.9. The third-order valence-corrected chi connectivity index (χ3v) is 3.89. The number of pyridine rings is 1. The second-order valence-corrected chi connectivity index (χ2v) is 6.23. The van der Waals surface area contributed by atoms with E-state index in [1.807, 2.05) is 0 Å². The Bertz CT molecular complexity index is 516. The van der Waals surface area contributed by atoms with Gasteiger partial charge < -0.3 is 0 Å². The predicted octanol–water partition coefficient (Wildman–Crippen LogP) is 2.35. The summed E-state index contributed by atoms with van der Waals surface area (Å²) >= 11 is 8.86. The molecular formula is C9H10BrClN2O2S. The molecular weight excluding hydrogens is 316 g/mol. The zero-order chi connectivity index (χ0) is 12.3. The van der Waals surface area contributed by atoms with Crippen LogP contribution in [-0.4, -0.2) is 19.9 Å². The lowest BCUT2D eigenvalue weighted by Crippen LogP contribution is -2.25. The Labute approximate surface area is 108 Å². The standard InChI is InChI=1S/C9H10BrClN2O2S/c1-6(2)4-13-16(14,15)8-3-7(10)5-12-9(8)11/h3,5,13H,1,4H2,2H3.